The Bertz CT molecular complexity index is 1780. The van der Waals surface area contributed by atoms with Crippen LogP contribution in [0.4, 0.5) is 17.4 Å². The highest BCUT2D eigenvalue weighted by Gasteiger charge is 2.20. The summed E-state index contributed by atoms with van der Waals surface area (Å²) in [5, 5.41) is 4.38. The van der Waals surface area contributed by atoms with Crippen molar-refractivity contribution in [1.29, 1.82) is 0 Å². The Balaban J connectivity index is 1.47. The number of nitrogens with zero attached hydrogens (tertiary/aromatic N) is 2. The average Bonchev–Trinajstić information content (AvgIpc) is 3.46. The molecule has 0 aliphatic heterocycles. The van der Waals surface area contributed by atoms with Gasteiger partial charge in [-0.05, 0) is 41.8 Å². The number of anilines is 3. The molecule has 0 bridgehead atoms. The third-order valence-electron chi connectivity index (χ3n) is 6.09. The van der Waals surface area contributed by atoms with Crippen molar-refractivity contribution in [2.75, 3.05) is 4.90 Å². The molecule has 2 heterocycles. The lowest BCUT2D eigenvalue weighted by molar-refractivity contribution is 0.611. The Morgan fingerprint density at radius 1 is 0.545 bits per heavy atom. The number of aromatic nitrogens is 1. The molecule has 0 aliphatic carbocycles. The lowest BCUT2D eigenvalue weighted by Gasteiger charge is -2.20. The molecule has 156 valence electrons. The van der Waals surface area contributed by atoms with Crippen LogP contribution in [-0.4, -0.2) is 4.98 Å². The Hall–Kier alpha value is -4.57. The molecule has 4 heteroatoms. The molecule has 0 fully saturated rings. The topological polar surface area (TPSA) is 42.4 Å². The lowest BCUT2D eigenvalue weighted by atomic mass is 10.1. The minimum absolute atomic E-state index is 0.517. The van der Waals surface area contributed by atoms with Gasteiger partial charge in [-0.3, -0.25) is 4.90 Å². The summed E-state index contributed by atoms with van der Waals surface area (Å²) in [6.45, 7) is 0. The number of para-hydroxylation sites is 2. The molecule has 5 aromatic carbocycles. The predicted octanol–water partition coefficient (Wildman–Crippen LogP) is 8.35. The van der Waals surface area contributed by atoms with Gasteiger partial charge in [0.2, 0.25) is 0 Å². The van der Waals surface area contributed by atoms with Crippen molar-refractivity contribution in [3.8, 4) is 0 Å². The minimum atomic E-state index is 0.517. The Kier molecular flexibility index (Phi) is 3.81. The van der Waals surface area contributed by atoms with Crippen molar-refractivity contribution in [3.05, 3.63) is 109 Å². The van der Waals surface area contributed by atoms with Gasteiger partial charge in [-0.25, -0.2) is 0 Å². The maximum atomic E-state index is 6.41. The van der Waals surface area contributed by atoms with Crippen molar-refractivity contribution in [2.45, 2.75) is 0 Å². The molecule has 7 aromatic rings. The van der Waals surface area contributed by atoms with Gasteiger partial charge in [0.25, 0.3) is 0 Å². The second kappa shape index (κ2) is 6.97. The normalized spacial score (nSPS) is 11.6. The summed E-state index contributed by atoms with van der Waals surface area (Å²) in [5.41, 5.74) is 5.20. The van der Waals surface area contributed by atoms with Crippen LogP contribution in [-0.2, 0) is 0 Å². The number of hydrogen-bond acceptors (Lipinski definition) is 4. The summed E-state index contributed by atoms with van der Waals surface area (Å²) in [7, 11) is 0. The van der Waals surface area contributed by atoms with Crippen LogP contribution in [0.3, 0.4) is 0 Å². The van der Waals surface area contributed by atoms with E-state index in [-0.39, 0.29) is 0 Å². The van der Waals surface area contributed by atoms with E-state index in [4.69, 9.17) is 13.8 Å². The number of oxazole rings is 1. The molecule has 0 unspecified atom stereocenters. The van der Waals surface area contributed by atoms with Crippen LogP contribution in [0.15, 0.2) is 118 Å². The van der Waals surface area contributed by atoms with E-state index in [9.17, 15) is 0 Å². The number of benzene rings is 5. The fourth-order valence-corrected chi connectivity index (χ4v) is 4.54. The van der Waals surface area contributed by atoms with Crippen LogP contribution in [0.2, 0.25) is 0 Å². The fourth-order valence-electron chi connectivity index (χ4n) is 4.54. The first-order chi connectivity index (χ1) is 16.3. The largest absolute Gasteiger partial charge is 0.456 e. The Morgan fingerprint density at radius 3 is 2.21 bits per heavy atom. The van der Waals surface area contributed by atoms with E-state index in [1.807, 2.05) is 59.5 Å². The van der Waals surface area contributed by atoms with Crippen molar-refractivity contribution in [2.24, 2.45) is 0 Å². The second-order valence-electron chi connectivity index (χ2n) is 8.08. The van der Waals surface area contributed by atoms with Crippen LogP contribution in [0.1, 0.15) is 0 Å². The van der Waals surface area contributed by atoms with Gasteiger partial charge in [0.1, 0.15) is 16.7 Å². The van der Waals surface area contributed by atoms with Gasteiger partial charge in [0.15, 0.2) is 5.58 Å². The molecule has 0 saturated heterocycles. The molecule has 2 aromatic heterocycles. The van der Waals surface area contributed by atoms with E-state index in [2.05, 4.69) is 54.6 Å². The van der Waals surface area contributed by atoms with Crippen molar-refractivity contribution < 1.29 is 8.83 Å². The Labute approximate surface area is 189 Å². The number of fused-ring (bicyclic) bond motifs is 6. The highest BCUT2D eigenvalue weighted by atomic mass is 16.4. The van der Waals surface area contributed by atoms with Crippen LogP contribution in [0, 0.1) is 0 Å². The minimum Gasteiger partial charge on any atom is -0.456 e. The van der Waals surface area contributed by atoms with E-state index in [0.717, 1.165) is 55.2 Å². The number of rotatable bonds is 3. The quantitative estimate of drug-likeness (QED) is 0.285. The predicted molar refractivity (Wildman–Crippen MR) is 133 cm³/mol. The van der Waals surface area contributed by atoms with E-state index in [0.29, 0.717) is 6.01 Å². The zero-order valence-electron chi connectivity index (χ0n) is 17.6. The summed E-state index contributed by atoms with van der Waals surface area (Å²) in [6, 6.07) is 37.3. The molecule has 7 rings (SSSR count). The lowest BCUT2D eigenvalue weighted by Crippen LogP contribution is -2.09. The van der Waals surface area contributed by atoms with E-state index in [1.165, 1.54) is 0 Å². The van der Waals surface area contributed by atoms with Gasteiger partial charge in [0.05, 0.1) is 11.4 Å². The SMILES string of the molecule is c1ccc(N(c2ccc3c(c2)oc2ccccc23)c2nc3ccc4ccccc4c3o2)cc1. The summed E-state index contributed by atoms with van der Waals surface area (Å²) >= 11 is 0. The molecule has 0 aliphatic rings. The zero-order chi connectivity index (χ0) is 21.8. The number of furan rings is 1. The summed E-state index contributed by atoms with van der Waals surface area (Å²) in [6.07, 6.45) is 0. The molecule has 0 saturated carbocycles. The van der Waals surface area contributed by atoms with Gasteiger partial charge < -0.3 is 8.83 Å². The van der Waals surface area contributed by atoms with E-state index >= 15 is 0 Å². The highest BCUT2D eigenvalue weighted by molar-refractivity contribution is 6.06. The van der Waals surface area contributed by atoms with E-state index < -0.39 is 0 Å². The molecular weight excluding hydrogens is 408 g/mol. The van der Waals surface area contributed by atoms with Gasteiger partial charge in [-0.2, -0.15) is 4.98 Å². The molecule has 0 N–H and O–H groups in total. The molecule has 4 nitrogen and oxygen atoms in total. The van der Waals surface area contributed by atoms with E-state index in [1.54, 1.807) is 0 Å². The summed E-state index contributed by atoms with van der Waals surface area (Å²) in [5.74, 6) is 0. The Morgan fingerprint density at radius 2 is 1.30 bits per heavy atom. The molecule has 0 radical (unpaired) electrons. The zero-order valence-corrected chi connectivity index (χ0v) is 17.6. The molecule has 0 spiro atoms. The molecule has 33 heavy (non-hydrogen) atoms. The fraction of sp³-hybridized carbons (Fsp3) is 0. The second-order valence-corrected chi connectivity index (χ2v) is 8.08. The first-order valence-corrected chi connectivity index (χ1v) is 10.9. The van der Waals surface area contributed by atoms with Crippen LogP contribution >= 0.6 is 0 Å². The van der Waals surface area contributed by atoms with Crippen molar-refractivity contribution in [1.82, 2.24) is 4.98 Å². The maximum absolute atomic E-state index is 6.41. The monoisotopic (exact) mass is 426 g/mol. The average molecular weight is 426 g/mol. The third-order valence-corrected chi connectivity index (χ3v) is 6.09. The first-order valence-electron chi connectivity index (χ1n) is 10.9. The van der Waals surface area contributed by atoms with Crippen molar-refractivity contribution in [3.63, 3.8) is 0 Å². The smallest absolute Gasteiger partial charge is 0.307 e. The van der Waals surface area contributed by atoms with Crippen LogP contribution in [0.25, 0.3) is 43.8 Å². The third kappa shape index (κ3) is 2.81. The van der Waals surface area contributed by atoms with Gasteiger partial charge in [0, 0.05) is 22.2 Å². The van der Waals surface area contributed by atoms with Gasteiger partial charge in [-0.1, -0.05) is 66.7 Å². The summed E-state index contributed by atoms with van der Waals surface area (Å²) in [4.78, 5) is 6.90. The van der Waals surface area contributed by atoms with Gasteiger partial charge >= 0.3 is 6.01 Å². The van der Waals surface area contributed by atoms with Crippen LogP contribution in [0.5, 0.6) is 0 Å². The maximum Gasteiger partial charge on any atom is 0.307 e. The highest BCUT2D eigenvalue weighted by Crippen LogP contribution is 2.39. The first kappa shape index (κ1) is 18.0. The van der Waals surface area contributed by atoms with Crippen LogP contribution < -0.4 is 4.90 Å². The summed E-state index contributed by atoms with van der Waals surface area (Å²) < 4.78 is 12.6. The molecular formula is C29H18N2O2. The standard InChI is InChI=1S/C29H18N2O2/c1-2-9-20(10-3-1)31(21-15-16-24-23-12-6-7-13-26(23)32-27(24)18-21)29-30-25-17-14-19-8-4-5-11-22(19)28(25)33-29/h1-18H. The number of hydrogen-bond donors (Lipinski definition) is 0. The molecule has 0 amide bonds. The van der Waals surface area contributed by atoms with Gasteiger partial charge in [-0.15, -0.1) is 0 Å². The van der Waals surface area contributed by atoms with Crippen molar-refractivity contribution >= 4 is 61.2 Å². The molecule has 0 atom stereocenters.